The predicted octanol–water partition coefficient (Wildman–Crippen LogP) is 1.37. The summed E-state index contributed by atoms with van der Waals surface area (Å²) in [5.74, 6) is 0.0635. The second-order valence-corrected chi connectivity index (χ2v) is 10.8. The standard InChI is InChI=1S/C31H31N3O4.BrH/c35-27(23-11-12-26-24(17-23)18-29(36)33-26)19-34-15-13-21(14-16-34)28(20-34)38-31(37)30(22-7-3-1-4-8-22)32-25-9-5-2-6-10-25;/h1-12,17,21,28,30,32H,13-16,18-20H2;1H/t21?,28-,30?,34?;/m0./s1. The molecule has 7 rings (SSSR count). The van der Waals surface area contributed by atoms with Gasteiger partial charge in [0.05, 0.1) is 19.5 Å². The summed E-state index contributed by atoms with van der Waals surface area (Å²) in [5.41, 5.74) is 4.02. The van der Waals surface area contributed by atoms with Crippen LogP contribution in [-0.2, 0) is 20.7 Å². The number of halogens is 1. The van der Waals surface area contributed by atoms with E-state index in [0.29, 0.717) is 35.5 Å². The van der Waals surface area contributed by atoms with Crippen LogP contribution in [0.3, 0.4) is 0 Å². The van der Waals surface area contributed by atoms with Crippen LogP contribution in [0.4, 0.5) is 11.4 Å². The second-order valence-electron chi connectivity index (χ2n) is 10.8. The van der Waals surface area contributed by atoms with E-state index in [9.17, 15) is 14.4 Å². The zero-order valence-electron chi connectivity index (χ0n) is 21.6. The number of carbonyl (C=O) groups excluding carboxylic acids is 3. The summed E-state index contributed by atoms with van der Waals surface area (Å²) < 4.78 is 6.87. The zero-order chi connectivity index (χ0) is 26.1. The number of piperidine rings is 3. The average molecular weight is 591 g/mol. The monoisotopic (exact) mass is 589 g/mol. The first kappa shape index (κ1) is 27.1. The molecule has 2 N–H and O–H groups in total. The third-order valence-corrected chi connectivity index (χ3v) is 8.29. The summed E-state index contributed by atoms with van der Waals surface area (Å²) in [7, 11) is 0. The van der Waals surface area contributed by atoms with Crippen molar-refractivity contribution in [3.05, 3.63) is 95.6 Å². The number of ketones is 1. The Morgan fingerprint density at radius 1 is 0.974 bits per heavy atom. The number of hydrogen-bond donors (Lipinski definition) is 2. The van der Waals surface area contributed by atoms with Gasteiger partial charge in [-0.05, 0) is 41.5 Å². The molecule has 4 aliphatic rings. The Morgan fingerprint density at radius 2 is 1.67 bits per heavy atom. The van der Waals surface area contributed by atoms with Gasteiger partial charge in [0.15, 0.2) is 12.1 Å². The largest absolute Gasteiger partial charge is 1.00 e. The van der Waals surface area contributed by atoms with E-state index in [1.54, 1.807) is 6.07 Å². The zero-order valence-corrected chi connectivity index (χ0v) is 23.2. The summed E-state index contributed by atoms with van der Waals surface area (Å²) in [6.45, 7) is 2.87. The quantitative estimate of drug-likeness (QED) is 0.235. The number of nitrogens with one attached hydrogen (secondary N) is 2. The van der Waals surface area contributed by atoms with Crippen LogP contribution in [0.1, 0.15) is 40.4 Å². The van der Waals surface area contributed by atoms with E-state index in [-0.39, 0.29) is 40.7 Å². The van der Waals surface area contributed by atoms with Crippen molar-refractivity contribution in [1.82, 2.24) is 0 Å². The Balaban J connectivity index is 0.00000308. The molecule has 8 heteroatoms. The Labute approximate surface area is 238 Å². The van der Waals surface area contributed by atoms with Gasteiger partial charge in [-0.3, -0.25) is 9.59 Å². The fourth-order valence-electron chi connectivity index (χ4n) is 6.22. The van der Waals surface area contributed by atoms with Crippen molar-refractivity contribution in [1.29, 1.82) is 0 Å². The average Bonchev–Trinajstić information content (AvgIpc) is 3.32. The first-order valence-corrected chi connectivity index (χ1v) is 13.4. The number of amides is 1. The van der Waals surface area contributed by atoms with Gasteiger partial charge >= 0.3 is 5.97 Å². The first-order chi connectivity index (χ1) is 18.5. The number of nitrogens with zero attached hydrogens (tertiary/aromatic N) is 1. The van der Waals surface area contributed by atoms with Crippen molar-refractivity contribution in [2.75, 3.05) is 36.8 Å². The molecule has 2 atom stereocenters. The molecule has 202 valence electrons. The summed E-state index contributed by atoms with van der Waals surface area (Å²) in [6, 6.07) is 24.2. The molecule has 0 saturated carbocycles. The summed E-state index contributed by atoms with van der Waals surface area (Å²) in [6.07, 6.45) is 1.98. The van der Waals surface area contributed by atoms with Crippen LogP contribution < -0.4 is 27.6 Å². The maximum Gasteiger partial charge on any atom is 0.333 e. The number of ether oxygens (including phenoxy) is 1. The number of hydrogen-bond acceptors (Lipinski definition) is 5. The molecule has 2 bridgehead atoms. The van der Waals surface area contributed by atoms with Gasteiger partial charge in [-0.1, -0.05) is 48.5 Å². The molecule has 7 nitrogen and oxygen atoms in total. The molecule has 0 aliphatic carbocycles. The van der Waals surface area contributed by atoms with E-state index in [2.05, 4.69) is 10.6 Å². The molecule has 1 amide bonds. The minimum Gasteiger partial charge on any atom is -1.00 e. The van der Waals surface area contributed by atoms with Gasteiger partial charge in [-0.2, -0.15) is 0 Å². The first-order valence-electron chi connectivity index (χ1n) is 13.4. The van der Waals surface area contributed by atoms with Gasteiger partial charge < -0.3 is 36.8 Å². The van der Waals surface area contributed by atoms with Gasteiger partial charge in [0, 0.05) is 35.7 Å². The van der Waals surface area contributed by atoms with Gasteiger partial charge in [0.2, 0.25) is 11.7 Å². The molecule has 1 unspecified atom stereocenters. The molecule has 0 radical (unpaired) electrons. The van der Waals surface area contributed by atoms with Crippen molar-refractivity contribution in [2.24, 2.45) is 5.92 Å². The van der Waals surface area contributed by atoms with Crippen molar-refractivity contribution in [2.45, 2.75) is 31.4 Å². The summed E-state index contributed by atoms with van der Waals surface area (Å²) in [4.78, 5) is 38.7. The van der Waals surface area contributed by atoms with Crippen LogP contribution in [0.2, 0.25) is 0 Å². The van der Waals surface area contributed by atoms with Crippen LogP contribution in [0, 0.1) is 5.92 Å². The van der Waals surface area contributed by atoms with E-state index in [1.165, 1.54) is 0 Å². The molecular formula is C31H32BrN3O4. The number of quaternary nitrogens is 1. The lowest BCUT2D eigenvalue weighted by Crippen LogP contribution is -3.00. The molecule has 39 heavy (non-hydrogen) atoms. The van der Waals surface area contributed by atoms with Crippen LogP contribution in [0.25, 0.3) is 0 Å². The number of benzene rings is 3. The summed E-state index contributed by atoms with van der Waals surface area (Å²) >= 11 is 0. The molecule has 3 aromatic rings. The molecule has 0 aromatic heterocycles. The van der Waals surface area contributed by atoms with Crippen molar-refractivity contribution >= 4 is 29.0 Å². The van der Waals surface area contributed by atoms with Crippen LogP contribution >= 0.6 is 0 Å². The van der Waals surface area contributed by atoms with E-state index >= 15 is 0 Å². The van der Waals surface area contributed by atoms with Gasteiger partial charge in [0.25, 0.3) is 0 Å². The van der Waals surface area contributed by atoms with Crippen molar-refractivity contribution < 1.29 is 40.6 Å². The number of Topliss-reactive ketones (excluding diaryl/α,β-unsaturated/α-hetero) is 1. The third-order valence-electron chi connectivity index (χ3n) is 8.29. The number of carbonyl (C=O) groups is 3. The normalized spacial score (nSPS) is 23.6. The van der Waals surface area contributed by atoms with E-state index in [1.807, 2.05) is 72.8 Å². The lowest BCUT2D eigenvalue weighted by molar-refractivity contribution is -0.938. The maximum absolute atomic E-state index is 13.6. The van der Waals surface area contributed by atoms with Gasteiger partial charge in [0.1, 0.15) is 13.1 Å². The molecule has 4 heterocycles. The number of anilines is 2. The Kier molecular flexibility index (Phi) is 7.86. The van der Waals surface area contributed by atoms with Gasteiger partial charge in [-0.25, -0.2) is 4.79 Å². The molecule has 3 aromatic carbocycles. The van der Waals surface area contributed by atoms with E-state index in [4.69, 9.17) is 4.74 Å². The molecule has 3 fully saturated rings. The highest BCUT2D eigenvalue weighted by atomic mass is 79.9. The SMILES string of the molecule is O=C1Cc2cc(C(=O)C[N+]34CCC(CC3)[C@@H](OC(=O)C(Nc3ccccc3)c3ccccc3)C4)ccc2N1.[Br-]. The van der Waals surface area contributed by atoms with Gasteiger partial charge in [-0.15, -0.1) is 0 Å². The van der Waals surface area contributed by atoms with E-state index in [0.717, 1.165) is 48.4 Å². The summed E-state index contributed by atoms with van der Waals surface area (Å²) in [5, 5.41) is 6.17. The van der Waals surface area contributed by atoms with Crippen molar-refractivity contribution in [3.63, 3.8) is 0 Å². The Hall–Kier alpha value is -3.49. The highest BCUT2D eigenvalue weighted by Gasteiger charge is 2.49. The second kappa shape index (κ2) is 11.3. The minimum absolute atomic E-state index is 0. The predicted molar refractivity (Wildman–Crippen MR) is 145 cm³/mol. The lowest BCUT2D eigenvalue weighted by atomic mass is 9.82. The lowest BCUT2D eigenvalue weighted by Gasteiger charge is -2.51. The highest BCUT2D eigenvalue weighted by Crippen LogP contribution is 2.37. The highest BCUT2D eigenvalue weighted by molar-refractivity contribution is 6.02. The van der Waals surface area contributed by atoms with Crippen LogP contribution in [0.15, 0.2) is 78.9 Å². The minimum atomic E-state index is -0.619. The molecule has 3 saturated heterocycles. The molecule has 0 spiro atoms. The third kappa shape index (κ3) is 5.77. The topological polar surface area (TPSA) is 84.5 Å². The fourth-order valence-corrected chi connectivity index (χ4v) is 6.22. The number of esters is 1. The number of fused-ring (bicyclic) bond motifs is 4. The number of para-hydroxylation sites is 1. The molecular weight excluding hydrogens is 558 g/mol. The maximum atomic E-state index is 13.6. The van der Waals surface area contributed by atoms with Crippen LogP contribution in [-0.4, -0.2) is 54.4 Å². The smallest absolute Gasteiger partial charge is 0.333 e. The van der Waals surface area contributed by atoms with Crippen LogP contribution in [0.5, 0.6) is 0 Å². The Morgan fingerprint density at radius 3 is 2.38 bits per heavy atom. The van der Waals surface area contributed by atoms with E-state index < -0.39 is 6.04 Å². The fraction of sp³-hybridized carbons (Fsp3) is 0.323. The number of rotatable bonds is 8. The Bertz CT molecular complexity index is 1360. The molecule has 4 aliphatic heterocycles. The van der Waals surface area contributed by atoms with Crippen molar-refractivity contribution in [3.8, 4) is 0 Å².